The molecule has 0 saturated heterocycles. The van der Waals surface area contributed by atoms with Gasteiger partial charge in [-0.3, -0.25) is 10.2 Å². The quantitative estimate of drug-likeness (QED) is 0.692. The van der Waals surface area contributed by atoms with Gasteiger partial charge in [-0.05, 0) is 31.2 Å². The highest BCUT2D eigenvalue weighted by atomic mass is 16.5. The summed E-state index contributed by atoms with van der Waals surface area (Å²) in [6.07, 6.45) is 0. The van der Waals surface area contributed by atoms with Gasteiger partial charge in [-0.25, -0.2) is 10.2 Å². The Morgan fingerprint density at radius 2 is 1.82 bits per heavy atom. The second kappa shape index (κ2) is 6.37. The second-order valence-corrected chi connectivity index (χ2v) is 3.22. The maximum Gasteiger partial charge on any atom is 0.337 e. The fourth-order valence-corrected chi connectivity index (χ4v) is 1.11. The van der Waals surface area contributed by atoms with Crippen LogP contribution in [0.25, 0.3) is 0 Å². The van der Waals surface area contributed by atoms with Crippen molar-refractivity contribution in [2.24, 2.45) is 0 Å². The fraction of sp³-hybridized carbons (Fsp3) is 0.273. The minimum atomic E-state index is -0.510. The van der Waals surface area contributed by atoms with Crippen molar-refractivity contribution in [2.75, 3.05) is 11.9 Å². The third-order valence-corrected chi connectivity index (χ3v) is 1.78. The first kappa shape index (κ1) is 12.8. The molecular formula is C11H15N3O3. The molecule has 1 aromatic rings. The van der Waals surface area contributed by atoms with Crippen molar-refractivity contribution in [1.82, 2.24) is 10.9 Å². The summed E-state index contributed by atoms with van der Waals surface area (Å²) in [4.78, 5) is 21.8. The molecule has 0 aromatic heterocycles. The standard InChI is InChI=1S/C11H15N3O3/c1-3-17-10-6-4-9(5-7-10)12-11(16)14-13-8(2)15/h4-7H,3H2,1-2H3,(H,13,15)(H2,12,14,16). The summed E-state index contributed by atoms with van der Waals surface area (Å²) in [7, 11) is 0. The molecule has 0 spiro atoms. The molecule has 0 heterocycles. The van der Waals surface area contributed by atoms with Gasteiger partial charge in [-0.2, -0.15) is 0 Å². The molecule has 0 aliphatic carbocycles. The highest BCUT2D eigenvalue weighted by Crippen LogP contribution is 2.15. The SMILES string of the molecule is CCOc1ccc(NC(=O)NNC(C)=O)cc1. The Morgan fingerprint density at radius 3 is 2.35 bits per heavy atom. The average Bonchev–Trinajstić information content (AvgIpc) is 2.29. The van der Waals surface area contributed by atoms with Crippen LogP contribution in [0.15, 0.2) is 24.3 Å². The van der Waals surface area contributed by atoms with Crippen LogP contribution < -0.4 is 20.9 Å². The first-order chi connectivity index (χ1) is 8.11. The number of anilines is 1. The lowest BCUT2D eigenvalue weighted by molar-refractivity contribution is -0.119. The molecule has 0 aliphatic heterocycles. The summed E-state index contributed by atoms with van der Waals surface area (Å²) in [5, 5.41) is 2.55. The fourth-order valence-electron chi connectivity index (χ4n) is 1.11. The summed E-state index contributed by atoms with van der Waals surface area (Å²) in [5.41, 5.74) is 4.97. The molecule has 1 rings (SSSR count). The molecule has 0 bridgehead atoms. The van der Waals surface area contributed by atoms with Crippen molar-refractivity contribution < 1.29 is 14.3 Å². The number of ether oxygens (including phenoxy) is 1. The van der Waals surface area contributed by atoms with Crippen molar-refractivity contribution in [3.05, 3.63) is 24.3 Å². The third-order valence-electron chi connectivity index (χ3n) is 1.78. The van der Waals surface area contributed by atoms with E-state index in [0.717, 1.165) is 5.75 Å². The summed E-state index contributed by atoms with van der Waals surface area (Å²) in [6.45, 7) is 3.79. The van der Waals surface area contributed by atoms with E-state index >= 15 is 0 Å². The molecule has 6 nitrogen and oxygen atoms in total. The first-order valence-corrected chi connectivity index (χ1v) is 5.18. The van der Waals surface area contributed by atoms with E-state index in [0.29, 0.717) is 12.3 Å². The maximum atomic E-state index is 11.3. The number of carbonyl (C=O) groups is 2. The van der Waals surface area contributed by atoms with Gasteiger partial charge in [-0.1, -0.05) is 0 Å². The van der Waals surface area contributed by atoms with Crippen LogP contribution in [-0.4, -0.2) is 18.5 Å². The zero-order valence-corrected chi connectivity index (χ0v) is 9.74. The Balaban J connectivity index is 2.45. The highest BCUT2D eigenvalue weighted by Gasteiger charge is 2.01. The Bertz CT molecular complexity index is 389. The van der Waals surface area contributed by atoms with Gasteiger partial charge in [0.1, 0.15) is 5.75 Å². The van der Waals surface area contributed by atoms with E-state index in [9.17, 15) is 9.59 Å². The zero-order chi connectivity index (χ0) is 12.7. The van der Waals surface area contributed by atoms with Gasteiger partial charge >= 0.3 is 6.03 Å². The predicted molar refractivity (Wildman–Crippen MR) is 63.6 cm³/mol. The molecule has 0 radical (unpaired) electrons. The van der Waals surface area contributed by atoms with E-state index in [4.69, 9.17) is 4.74 Å². The van der Waals surface area contributed by atoms with Gasteiger partial charge < -0.3 is 10.1 Å². The lowest BCUT2D eigenvalue weighted by Gasteiger charge is -2.08. The van der Waals surface area contributed by atoms with Crippen LogP contribution in [0, 0.1) is 0 Å². The molecule has 92 valence electrons. The Kier molecular flexibility index (Phi) is 4.80. The van der Waals surface area contributed by atoms with Crippen LogP contribution in [0.2, 0.25) is 0 Å². The Hall–Kier alpha value is -2.24. The molecule has 0 aliphatic rings. The summed E-state index contributed by atoms with van der Waals surface area (Å²) >= 11 is 0. The number of hydrogen-bond acceptors (Lipinski definition) is 3. The lowest BCUT2D eigenvalue weighted by atomic mass is 10.3. The molecule has 0 atom stereocenters. The van der Waals surface area contributed by atoms with E-state index in [1.807, 2.05) is 6.92 Å². The summed E-state index contributed by atoms with van der Waals surface area (Å²) in [6, 6.07) is 6.40. The van der Waals surface area contributed by atoms with E-state index in [2.05, 4.69) is 16.2 Å². The molecule has 3 N–H and O–H groups in total. The van der Waals surface area contributed by atoms with Crippen LogP contribution in [0.5, 0.6) is 5.75 Å². The lowest BCUT2D eigenvalue weighted by Crippen LogP contribution is -2.42. The van der Waals surface area contributed by atoms with Gasteiger partial charge in [0, 0.05) is 12.6 Å². The van der Waals surface area contributed by atoms with Crippen LogP contribution in [-0.2, 0) is 4.79 Å². The Morgan fingerprint density at radius 1 is 1.18 bits per heavy atom. The van der Waals surface area contributed by atoms with Crippen LogP contribution in [0.1, 0.15) is 13.8 Å². The number of nitrogens with one attached hydrogen (secondary N) is 3. The van der Waals surface area contributed by atoms with Crippen molar-refractivity contribution >= 4 is 17.6 Å². The van der Waals surface area contributed by atoms with E-state index < -0.39 is 6.03 Å². The van der Waals surface area contributed by atoms with Gasteiger partial charge in [-0.15, -0.1) is 0 Å². The van der Waals surface area contributed by atoms with Crippen molar-refractivity contribution in [3.8, 4) is 5.75 Å². The number of hydrogen-bond donors (Lipinski definition) is 3. The predicted octanol–water partition coefficient (Wildman–Crippen LogP) is 1.26. The third kappa shape index (κ3) is 4.87. The van der Waals surface area contributed by atoms with E-state index in [1.165, 1.54) is 6.92 Å². The first-order valence-electron chi connectivity index (χ1n) is 5.18. The van der Waals surface area contributed by atoms with Crippen LogP contribution in [0.4, 0.5) is 10.5 Å². The molecule has 3 amide bonds. The van der Waals surface area contributed by atoms with Gasteiger partial charge in [0.15, 0.2) is 0 Å². The number of benzene rings is 1. The molecule has 0 unspecified atom stereocenters. The maximum absolute atomic E-state index is 11.3. The van der Waals surface area contributed by atoms with Crippen molar-refractivity contribution in [1.29, 1.82) is 0 Å². The van der Waals surface area contributed by atoms with Gasteiger partial charge in [0.2, 0.25) is 5.91 Å². The van der Waals surface area contributed by atoms with Crippen LogP contribution in [0.3, 0.4) is 0 Å². The summed E-state index contributed by atoms with van der Waals surface area (Å²) in [5.74, 6) is 0.396. The number of urea groups is 1. The molecule has 0 saturated carbocycles. The smallest absolute Gasteiger partial charge is 0.337 e. The minimum absolute atomic E-state index is 0.341. The zero-order valence-electron chi connectivity index (χ0n) is 9.74. The van der Waals surface area contributed by atoms with Crippen molar-refractivity contribution in [2.45, 2.75) is 13.8 Å². The van der Waals surface area contributed by atoms with E-state index in [-0.39, 0.29) is 5.91 Å². The number of hydrazine groups is 1. The number of amides is 3. The van der Waals surface area contributed by atoms with Gasteiger partial charge in [0.05, 0.1) is 6.61 Å². The second-order valence-electron chi connectivity index (χ2n) is 3.22. The molecular weight excluding hydrogens is 222 g/mol. The summed E-state index contributed by atoms with van der Waals surface area (Å²) < 4.78 is 5.26. The molecule has 1 aromatic carbocycles. The molecule has 0 fully saturated rings. The minimum Gasteiger partial charge on any atom is -0.494 e. The number of rotatable bonds is 3. The largest absolute Gasteiger partial charge is 0.494 e. The Labute approximate surface area is 99.3 Å². The van der Waals surface area contributed by atoms with Crippen molar-refractivity contribution in [3.63, 3.8) is 0 Å². The molecule has 17 heavy (non-hydrogen) atoms. The monoisotopic (exact) mass is 237 g/mol. The van der Waals surface area contributed by atoms with Crippen LogP contribution >= 0.6 is 0 Å². The normalized spacial score (nSPS) is 9.29. The molecule has 6 heteroatoms. The topological polar surface area (TPSA) is 79.5 Å². The average molecular weight is 237 g/mol. The van der Waals surface area contributed by atoms with Gasteiger partial charge in [0.25, 0.3) is 0 Å². The van der Waals surface area contributed by atoms with E-state index in [1.54, 1.807) is 24.3 Å². The number of carbonyl (C=O) groups excluding carboxylic acids is 2. The highest BCUT2D eigenvalue weighted by molar-refractivity contribution is 5.90.